The molecule has 9 heteroatoms. The van der Waals surface area contributed by atoms with E-state index in [1.54, 1.807) is 13.3 Å². The second-order valence-electron chi connectivity index (χ2n) is 10.2. The fourth-order valence-electron chi connectivity index (χ4n) is 5.66. The van der Waals surface area contributed by atoms with Gasteiger partial charge in [-0.1, -0.05) is 0 Å². The number of ether oxygens (including phenoxy) is 3. The SMILES string of the molecule is COc1cnc2ccc(C)nc2c1CCC12CCC(NCc3ccc4c(n3)NC(=O)CO4)(CC1)CO2. The summed E-state index contributed by atoms with van der Waals surface area (Å²) in [6, 6.07) is 7.83. The fourth-order valence-corrected chi connectivity index (χ4v) is 5.66. The number of nitrogens with zero attached hydrogens (tertiary/aromatic N) is 3. The Morgan fingerprint density at radius 3 is 2.78 bits per heavy atom. The molecule has 3 aromatic rings. The summed E-state index contributed by atoms with van der Waals surface area (Å²) < 4.78 is 17.6. The van der Waals surface area contributed by atoms with E-state index in [2.05, 4.69) is 20.6 Å². The molecule has 9 nitrogen and oxygen atoms in total. The molecule has 1 saturated carbocycles. The molecule has 3 aromatic heterocycles. The molecule has 7 rings (SSSR count). The van der Waals surface area contributed by atoms with E-state index in [1.807, 2.05) is 31.2 Å². The number of pyridine rings is 3. The molecule has 6 heterocycles. The van der Waals surface area contributed by atoms with Gasteiger partial charge in [0.1, 0.15) is 5.75 Å². The number of methoxy groups -OCH3 is 1. The standard InChI is InChI=1S/C27H31N5O4/c1-17-3-5-20-24(30-17)19(22(34-2)14-28-20)7-8-27-11-9-26(10-12-27,16-36-27)29-13-18-4-6-21-25(31-18)32-23(33)15-35-21/h3-6,14,29H,7-13,15-16H2,1-2H3,(H,31,32,33). The summed E-state index contributed by atoms with van der Waals surface area (Å²) in [4.78, 5) is 25.5. The van der Waals surface area contributed by atoms with E-state index in [4.69, 9.17) is 19.2 Å². The Bertz CT molecular complexity index is 1300. The van der Waals surface area contributed by atoms with Gasteiger partial charge in [0, 0.05) is 23.3 Å². The fraction of sp³-hybridized carbons (Fsp3) is 0.481. The molecule has 2 N–H and O–H groups in total. The molecular formula is C27H31N5O4. The van der Waals surface area contributed by atoms with Crippen LogP contribution in [-0.2, 0) is 22.5 Å². The number of rotatable bonds is 7. The maximum absolute atomic E-state index is 11.6. The average Bonchev–Trinajstić information content (AvgIpc) is 2.91. The number of carbonyl (C=O) groups excluding carboxylic acids is 1. The minimum Gasteiger partial charge on any atom is -0.495 e. The van der Waals surface area contributed by atoms with Crippen LogP contribution in [0.25, 0.3) is 11.0 Å². The van der Waals surface area contributed by atoms with Crippen LogP contribution in [-0.4, -0.2) is 52.3 Å². The maximum atomic E-state index is 11.6. The summed E-state index contributed by atoms with van der Waals surface area (Å²) in [7, 11) is 1.69. The van der Waals surface area contributed by atoms with Gasteiger partial charge in [-0.05, 0) is 69.7 Å². The first-order valence-electron chi connectivity index (χ1n) is 12.6. The number of anilines is 1. The monoisotopic (exact) mass is 489 g/mol. The number of aromatic nitrogens is 3. The zero-order valence-corrected chi connectivity index (χ0v) is 20.7. The first-order chi connectivity index (χ1) is 17.5. The van der Waals surface area contributed by atoms with E-state index < -0.39 is 0 Å². The van der Waals surface area contributed by atoms with Crippen molar-refractivity contribution in [2.75, 3.05) is 25.6 Å². The number of amides is 1. The van der Waals surface area contributed by atoms with Crippen molar-refractivity contribution in [2.24, 2.45) is 0 Å². The van der Waals surface area contributed by atoms with E-state index in [9.17, 15) is 4.79 Å². The predicted octanol–water partition coefficient (Wildman–Crippen LogP) is 3.48. The largest absolute Gasteiger partial charge is 0.495 e. The molecule has 0 aromatic carbocycles. The van der Waals surface area contributed by atoms with Gasteiger partial charge in [0.25, 0.3) is 5.91 Å². The highest BCUT2D eigenvalue weighted by atomic mass is 16.5. The third kappa shape index (κ3) is 4.26. The van der Waals surface area contributed by atoms with Crippen LogP contribution in [0, 0.1) is 6.92 Å². The highest BCUT2D eigenvalue weighted by Gasteiger charge is 2.49. The number of hydrogen-bond acceptors (Lipinski definition) is 8. The van der Waals surface area contributed by atoms with Gasteiger partial charge in [0.05, 0.1) is 42.2 Å². The Morgan fingerprint density at radius 1 is 1.14 bits per heavy atom. The van der Waals surface area contributed by atoms with Crippen molar-refractivity contribution in [3.8, 4) is 11.5 Å². The summed E-state index contributed by atoms with van der Waals surface area (Å²) in [5, 5.41) is 6.50. The van der Waals surface area contributed by atoms with Gasteiger partial charge in [-0.25, -0.2) is 4.98 Å². The molecule has 3 aliphatic heterocycles. The van der Waals surface area contributed by atoms with Gasteiger partial charge in [-0.15, -0.1) is 0 Å². The molecule has 0 spiro atoms. The lowest BCUT2D eigenvalue weighted by atomic mass is 9.69. The van der Waals surface area contributed by atoms with Crippen LogP contribution in [0.15, 0.2) is 30.5 Å². The number of nitrogens with one attached hydrogen (secondary N) is 2. The van der Waals surface area contributed by atoms with Crippen molar-refractivity contribution >= 4 is 22.8 Å². The lowest BCUT2D eigenvalue weighted by Gasteiger charge is -2.53. The third-order valence-corrected chi connectivity index (χ3v) is 7.92. The van der Waals surface area contributed by atoms with Gasteiger partial charge in [-0.3, -0.25) is 14.8 Å². The molecule has 3 fully saturated rings. The van der Waals surface area contributed by atoms with Crippen molar-refractivity contribution in [3.05, 3.63) is 47.4 Å². The van der Waals surface area contributed by atoms with Gasteiger partial charge in [0.15, 0.2) is 18.2 Å². The number of aryl methyl sites for hydroxylation is 2. The molecule has 1 amide bonds. The van der Waals surface area contributed by atoms with Gasteiger partial charge < -0.3 is 24.8 Å². The van der Waals surface area contributed by atoms with Crippen LogP contribution in [0.5, 0.6) is 11.5 Å². The first kappa shape index (κ1) is 23.1. The molecule has 36 heavy (non-hydrogen) atoms. The van der Waals surface area contributed by atoms with Crippen LogP contribution in [0.2, 0.25) is 0 Å². The van der Waals surface area contributed by atoms with Crippen LogP contribution >= 0.6 is 0 Å². The van der Waals surface area contributed by atoms with E-state index in [0.717, 1.165) is 72.3 Å². The molecule has 1 aliphatic carbocycles. The van der Waals surface area contributed by atoms with E-state index in [1.165, 1.54) is 0 Å². The summed E-state index contributed by atoms with van der Waals surface area (Å²) in [5.41, 5.74) is 4.62. The Morgan fingerprint density at radius 2 is 2.00 bits per heavy atom. The molecule has 2 bridgehead atoms. The Kier molecular flexibility index (Phi) is 5.76. The Labute approximate surface area is 210 Å². The zero-order chi connectivity index (χ0) is 24.8. The second-order valence-corrected chi connectivity index (χ2v) is 10.2. The van der Waals surface area contributed by atoms with Crippen molar-refractivity contribution in [1.82, 2.24) is 20.3 Å². The molecule has 188 valence electrons. The highest BCUT2D eigenvalue weighted by molar-refractivity contribution is 5.94. The third-order valence-electron chi connectivity index (χ3n) is 7.92. The van der Waals surface area contributed by atoms with E-state index in [0.29, 0.717) is 24.7 Å². The lowest BCUT2D eigenvalue weighted by molar-refractivity contribution is -0.165. The molecule has 2 saturated heterocycles. The smallest absolute Gasteiger partial charge is 0.263 e. The maximum Gasteiger partial charge on any atom is 0.263 e. The van der Waals surface area contributed by atoms with Gasteiger partial charge >= 0.3 is 0 Å². The highest BCUT2D eigenvalue weighted by Crippen LogP contribution is 2.46. The summed E-state index contributed by atoms with van der Waals surface area (Å²) in [5.74, 6) is 1.73. The van der Waals surface area contributed by atoms with Crippen molar-refractivity contribution in [3.63, 3.8) is 0 Å². The van der Waals surface area contributed by atoms with E-state index >= 15 is 0 Å². The minimum atomic E-state index is -0.175. The van der Waals surface area contributed by atoms with E-state index in [-0.39, 0.29) is 23.7 Å². The van der Waals surface area contributed by atoms with Crippen LogP contribution < -0.4 is 20.1 Å². The van der Waals surface area contributed by atoms with Gasteiger partial charge in [0.2, 0.25) is 0 Å². The zero-order valence-electron chi connectivity index (χ0n) is 20.7. The molecule has 0 radical (unpaired) electrons. The lowest BCUT2D eigenvalue weighted by Crippen LogP contribution is -2.61. The van der Waals surface area contributed by atoms with Crippen LogP contribution in [0.3, 0.4) is 0 Å². The first-order valence-corrected chi connectivity index (χ1v) is 12.6. The predicted molar refractivity (Wildman–Crippen MR) is 134 cm³/mol. The Hall–Kier alpha value is -3.30. The second kappa shape index (κ2) is 8.97. The molecular weight excluding hydrogens is 458 g/mol. The normalized spacial score (nSPS) is 24.8. The van der Waals surface area contributed by atoms with Crippen LogP contribution in [0.1, 0.15) is 49.1 Å². The summed E-state index contributed by atoms with van der Waals surface area (Å²) >= 11 is 0. The minimum absolute atomic E-state index is 0.0365. The number of fused-ring (bicyclic) bond motifs is 5. The molecule has 0 unspecified atom stereocenters. The molecule has 0 atom stereocenters. The van der Waals surface area contributed by atoms with Crippen molar-refractivity contribution in [1.29, 1.82) is 0 Å². The summed E-state index contributed by atoms with van der Waals surface area (Å²) in [6.07, 6.45) is 7.72. The van der Waals surface area contributed by atoms with Gasteiger partial charge in [-0.2, -0.15) is 0 Å². The number of carbonyl (C=O) groups is 1. The summed E-state index contributed by atoms with van der Waals surface area (Å²) in [6.45, 7) is 3.34. The number of hydrogen-bond donors (Lipinski definition) is 2. The van der Waals surface area contributed by atoms with Crippen molar-refractivity contribution in [2.45, 2.75) is 63.1 Å². The molecule has 4 aliphatic rings. The average molecular weight is 490 g/mol. The van der Waals surface area contributed by atoms with Crippen molar-refractivity contribution < 1.29 is 19.0 Å². The Balaban J connectivity index is 1.11. The quantitative estimate of drug-likeness (QED) is 0.520. The van der Waals surface area contributed by atoms with Crippen LogP contribution in [0.4, 0.5) is 5.82 Å². The topological polar surface area (TPSA) is 107 Å².